The lowest BCUT2D eigenvalue weighted by molar-refractivity contribution is -0.131. The van der Waals surface area contributed by atoms with Crippen LogP contribution in [0.1, 0.15) is 66.9 Å². The van der Waals surface area contributed by atoms with Crippen molar-refractivity contribution in [3.8, 4) is 11.8 Å². The van der Waals surface area contributed by atoms with Crippen LogP contribution in [0.4, 0.5) is 5.00 Å². The first kappa shape index (κ1) is 21.1. The maximum atomic E-state index is 12.7. The van der Waals surface area contributed by atoms with E-state index in [-0.39, 0.29) is 11.3 Å². The lowest BCUT2D eigenvalue weighted by atomic mass is 9.69. The fourth-order valence-electron chi connectivity index (χ4n) is 3.79. The summed E-state index contributed by atoms with van der Waals surface area (Å²) in [5.41, 5.74) is 2.31. The van der Waals surface area contributed by atoms with Crippen molar-refractivity contribution >= 4 is 28.2 Å². The van der Waals surface area contributed by atoms with Crippen molar-refractivity contribution in [1.82, 2.24) is 0 Å². The molecule has 0 saturated heterocycles. The fourth-order valence-corrected chi connectivity index (χ4v) is 5.06. The Hall–Kier alpha value is -2.65. The number of nitrogens with zero attached hydrogens (tertiary/aromatic N) is 1. The first-order valence-corrected chi connectivity index (χ1v) is 10.7. The Bertz CT molecular complexity index is 984. The van der Waals surface area contributed by atoms with E-state index in [1.165, 1.54) is 29.2 Å². The molecule has 1 heterocycles. The molecule has 1 amide bonds. The number of thiophene rings is 1. The van der Waals surface area contributed by atoms with Gasteiger partial charge in [0.1, 0.15) is 16.8 Å². The molecule has 1 aromatic carbocycles. The Morgan fingerprint density at radius 1 is 1.38 bits per heavy atom. The highest BCUT2D eigenvalue weighted by Gasteiger charge is 2.34. The summed E-state index contributed by atoms with van der Waals surface area (Å²) in [5, 5.41) is 13.2. The molecular weight excluding hydrogens is 384 g/mol. The molecule has 0 radical (unpaired) electrons. The molecule has 5 nitrogen and oxygen atoms in total. The number of amides is 1. The van der Waals surface area contributed by atoms with E-state index in [4.69, 9.17) is 4.74 Å². The number of esters is 1. The van der Waals surface area contributed by atoms with Gasteiger partial charge in [-0.2, -0.15) is 5.26 Å². The van der Waals surface area contributed by atoms with Gasteiger partial charge in [0.15, 0.2) is 0 Å². The Kier molecular flexibility index (Phi) is 6.09. The van der Waals surface area contributed by atoms with Gasteiger partial charge in [-0.3, -0.25) is 9.59 Å². The molecule has 0 fully saturated rings. The number of carbonyl (C=O) groups is 2. The Morgan fingerprint density at radius 2 is 2.14 bits per heavy atom. The van der Waals surface area contributed by atoms with Crippen LogP contribution in [0.3, 0.4) is 0 Å². The molecule has 0 saturated carbocycles. The van der Waals surface area contributed by atoms with Crippen LogP contribution in [0.2, 0.25) is 0 Å². The van der Waals surface area contributed by atoms with Gasteiger partial charge in [-0.25, -0.2) is 0 Å². The third-order valence-corrected chi connectivity index (χ3v) is 7.15. The Morgan fingerprint density at radius 3 is 2.79 bits per heavy atom. The molecular formula is C23H26N2O3S. The molecule has 29 heavy (non-hydrogen) atoms. The van der Waals surface area contributed by atoms with Crippen LogP contribution < -0.4 is 10.1 Å². The summed E-state index contributed by atoms with van der Waals surface area (Å²) in [4.78, 5) is 25.1. The number of carbonyl (C=O) groups excluding carboxylic acids is 2. The van der Waals surface area contributed by atoms with Crippen molar-refractivity contribution in [2.75, 3.05) is 5.32 Å². The number of fused-ring (bicyclic) bond motifs is 1. The van der Waals surface area contributed by atoms with Gasteiger partial charge >= 0.3 is 5.97 Å². The molecule has 0 spiro atoms. The lowest BCUT2D eigenvalue weighted by Gasteiger charge is -2.36. The van der Waals surface area contributed by atoms with E-state index in [0.29, 0.717) is 27.8 Å². The van der Waals surface area contributed by atoms with Crippen LogP contribution in [-0.4, -0.2) is 11.9 Å². The third-order valence-electron chi connectivity index (χ3n) is 5.98. The topological polar surface area (TPSA) is 79.2 Å². The van der Waals surface area contributed by atoms with Crippen molar-refractivity contribution in [3.63, 3.8) is 0 Å². The van der Waals surface area contributed by atoms with E-state index < -0.39 is 5.97 Å². The fraction of sp³-hybridized carbons (Fsp3) is 0.435. The van der Waals surface area contributed by atoms with E-state index in [1.807, 2.05) is 0 Å². The van der Waals surface area contributed by atoms with Crippen molar-refractivity contribution in [1.29, 1.82) is 5.26 Å². The molecule has 1 unspecified atom stereocenters. The van der Waals surface area contributed by atoms with Gasteiger partial charge in [0, 0.05) is 17.4 Å². The highest BCUT2D eigenvalue weighted by atomic mass is 32.1. The zero-order valence-corrected chi connectivity index (χ0v) is 18.1. The van der Waals surface area contributed by atoms with Gasteiger partial charge in [0.2, 0.25) is 0 Å². The average molecular weight is 411 g/mol. The highest BCUT2D eigenvalue weighted by molar-refractivity contribution is 7.16. The van der Waals surface area contributed by atoms with E-state index in [2.05, 4.69) is 32.2 Å². The largest absolute Gasteiger partial charge is 0.427 e. The maximum Gasteiger partial charge on any atom is 0.308 e. The number of nitrogens with one attached hydrogen (secondary N) is 1. The minimum atomic E-state index is -0.440. The smallest absolute Gasteiger partial charge is 0.308 e. The van der Waals surface area contributed by atoms with Gasteiger partial charge in [-0.05, 0) is 54.4 Å². The zero-order valence-electron chi connectivity index (χ0n) is 17.3. The van der Waals surface area contributed by atoms with Crippen molar-refractivity contribution in [2.24, 2.45) is 11.3 Å². The Labute approximate surface area is 175 Å². The predicted octanol–water partition coefficient (Wildman–Crippen LogP) is 5.34. The first-order chi connectivity index (χ1) is 13.7. The van der Waals surface area contributed by atoms with E-state index in [9.17, 15) is 14.9 Å². The second-order valence-electron chi connectivity index (χ2n) is 8.18. The zero-order chi connectivity index (χ0) is 21.2. The van der Waals surface area contributed by atoms with Gasteiger partial charge in [0.25, 0.3) is 5.91 Å². The molecule has 3 rings (SSSR count). The number of hydrogen-bond acceptors (Lipinski definition) is 5. The number of ether oxygens (including phenoxy) is 1. The molecule has 1 aliphatic rings. The quantitative estimate of drug-likeness (QED) is 0.533. The predicted molar refractivity (Wildman–Crippen MR) is 114 cm³/mol. The molecule has 1 atom stereocenters. The van der Waals surface area contributed by atoms with Gasteiger partial charge in [-0.15, -0.1) is 11.3 Å². The van der Waals surface area contributed by atoms with Crippen molar-refractivity contribution in [3.05, 3.63) is 45.8 Å². The molecule has 1 aromatic heterocycles. The standard InChI is InChI=1S/C23H26N2O3S/c1-5-23(3,4)16-9-10-18-19(13-24)22(29-20(18)12-16)25-21(27)15-7-6-8-17(11-15)28-14(2)26/h6-8,11,16H,5,9-10,12H2,1-4H3,(H,25,27). The summed E-state index contributed by atoms with van der Waals surface area (Å²) in [6.07, 6.45) is 4.01. The number of benzene rings is 1. The summed E-state index contributed by atoms with van der Waals surface area (Å²) in [6.45, 7) is 8.15. The third kappa shape index (κ3) is 4.51. The summed E-state index contributed by atoms with van der Waals surface area (Å²) < 4.78 is 5.05. The van der Waals surface area contributed by atoms with Crippen LogP contribution in [0.5, 0.6) is 5.75 Å². The summed E-state index contributed by atoms with van der Waals surface area (Å²) >= 11 is 1.51. The Balaban J connectivity index is 1.83. The number of anilines is 1. The summed E-state index contributed by atoms with van der Waals surface area (Å²) in [5.74, 6) is 0.138. The average Bonchev–Trinajstić information content (AvgIpc) is 3.03. The minimum Gasteiger partial charge on any atom is -0.427 e. The highest BCUT2D eigenvalue weighted by Crippen LogP contribution is 2.45. The van der Waals surface area contributed by atoms with Crippen LogP contribution in [0, 0.1) is 22.7 Å². The van der Waals surface area contributed by atoms with Gasteiger partial charge < -0.3 is 10.1 Å². The van der Waals surface area contributed by atoms with Crippen LogP contribution in [-0.2, 0) is 17.6 Å². The lowest BCUT2D eigenvalue weighted by Crippen LogP contribution is -2.28. The number of nitriles is 1. The molecule has 6 heteroatoms. The van der Waals surface area contributed by atoms with E-state index >= 15 is 0 Å². The van der Waals surface area contributed by atoms with Gasteiger partial charge in [0.05, 0.1) is 5.56 Å². The summed E-state index contributed by atoms with van der Waals surface area (Å²) in [7, 11) is 0. The van der Waals surface area contributed by atoms with Crippen molar-refractivity contribution in [2.45, 2.75) is 53.4 Å². The SMILES string of the molecule is CCC(C)(C)C1CCc2c(sc(NC(=O)c3cccc(OC(C)=O)c3)c2C#N)C1. The van der Waals surface area contributed by atoms with Gasteiger partial charge in [-0.1, -0.05) is 33.3 Å². The number of hydrogen-bond donors (Lipinski definition) is 1. The first-order valence-electron chi connectivity index (χ1n) is 9.89. The number of rotatable bonds is 5. The second kappa shape index (κ2) is 8.38. The van der Waals surface area contributed by atoms with Crippen LogP contribution in [0.25, 0.3) is 0 Å². The maximum absolute atomic E-state index is 12.7. The second-order valence-corrected chi connectivity index (χ2v) is 9.28. The molecule has 1 aliphatic carbocycles. The minimum absolute atomic E-state index is 0.259. The summed E-state index contributed by atoms with van der Waals surface area (Å²) in [6, 6.07) is 8.76. The van der Waals surface area contributed by atoms with Crippen molar-refractivity contribution < 1.29 is 14.3 Å². The van der Waals surface area contributed by atoms with E-state index in [0.717, 1.165) is 31.2 Å². The molecule has 0 aliphatic heterocycles. The molecule has 1 N–H and O–H groups in total. The van der Waals surface area contributed by atoms with Crippen LogP contribution in [0.15, 0.2) is 24.3 Å². The monoisotopic (exact) mass is 410 g/mol. The molecule has 152 valence electrons. The molecule has 2 aromatic rings. The van der Waals surface area contributed by atoms with Crippen LogP contribution >= 0.6 is 11.3 Å². The molecule has 0 bridgehead atoms. The van der Waals surface area contributed by atoms with E-state index in [1.54, 1.807) is 18.2 Å². The normalized spacial score (nSPS) is 15.9.